The van der Waals surface area contributed by atoms with Gasteiger partial charge in [-0.05, 0) is 25.1 Å². The Bertz CT molecular complexity index is 618. The molecule has 0 bridgehead atoms. The number of benzene rings is 1. The molecule has 2 aromatic rings. The lowest BCUT2D eigenvalue weighted by Crippen LogP contribution is -1.96. The first-order chi connectivity index (χ1) is 9.13. The molecule has 1 aromatic heterocycles. The van der Waals surface area contributed by atoms with Gasteiger partial charge in [-0.3, -0.25) is 0 Å². The predicted octanol–water partition coefficient (Wildman–Crippen LogP) is 3.02. The molecular formula is C14H13ClN2O2. The highest BCUT2D eigenvalue weighted by atomic mass is 35.5. The van der Waals surface area contributed by atoms with Crippen molar-refractivity contribution in [3.05, 3.63) is 52.8 Å². The summed E-state index contributed by atoms with van der Waals surface area (Å²) >= 11 is 6.29. The Hall–Kier alpha value is -2.07. The van der Waals surface area contributed by atoms with E-state index in [0.717, 1.165) is 11.4 Å². The van der Waals surface area contributed by atoms with Crippen molar-refractivity contribution in [1.82, 2.24) is 9.78 Å². The van der Waals surface area contributed by atoms with Crippen molar-refractivity contribution in [2.24, 2.45) is 0 Å². The van der Waals surface area contributed by atoms with Gasteiger partial charge in [-0.2, -0.15) is 5.10 Å². The fourth-order valence-corrected chi connectivity index (χ4v) is 2.00. The maximum absolute atomic E-state index is 11.1. The molecular weight excluding hydrogens is 264 g/mol. The average molecular weight is 277 g/mol. The Morgan fingerprint density at radius 1 is 1.37 bits per heavy atom. The molecule has 98 valence electrons. The Balaban J connectivity index is 2.41. The largest absolute Gasteiger partial charge is 0.466 e. The van der Waals surface area contributed by atoms with E-state index in [1.165, 1.54) is 13.2 Å². The minimum atomic E-state index is -0.428. The zero-order chi connectivity index (χ0) is 13.8. The normalized spacial score (nSPS) is 10.9. The third-order valence-electron chi connectivity index (χ3n) is 2.64. The molecule has 4 nitrogen and oxygen atoms in total. The van der Waals surface area contributed by atoms with Gasteiger partial charge in [0.25, 0.3) is 0 Å². The number of nitrogens with zero attached hydrogens (tertiary/aromatic N) is 2. The Kier molecular flexibility index (Phi) is 4.02. The van der Waals surface area contributed by atoms with Crippen LogP contribution in [0.5, 0.6) is 0 Å². The molecule has 0 unspecified atom stereocenters. The Morgan fingerprint density at radius 3 is 2.68 bits per heavy atom. The van der Waals surface area contributed by atoms with Crippen LogP contribution in [0.2, 0.25) is 5.15 Å². The fraction of sp³-hybridized carbons (Fsp3) is 0.143. The number of para-hydroxylation sites is 1. The monoisotopic (exact) mass is 276 g/mol. The number of ether oxygens (including phenoxy) is 1. The second-order valence-electron chi connectivity index (χ2n) is 3.89. The van der Waals surface area contributed by atoms with E-state index in [1.807, 2.05) is 37.3 Å². The predicted molar refractivity (Wildman–Crippen MR) is 74.4 cm³/mol. The van der Waals surface area contributed by atoms with Crippen LogP contribution in [0.1, 0.15) is 11.3 Å². The summed E-state index contributed by atoms with van der Waals surface area (Å²) in [6.07, 6.45) is 2.93. The second-order valence-corrected chi connectivity index (χ2v) is 4.25. The van der Waals surface area contributed by atoms with E-state index < -0.39 is 5.97 Å². The molecule has 1 aromatic carbocycles. The summed E-state index contributed by atoms with van der Waals surface area (Å²) in [7, 11) is 1.33. The van der Waals surface area contributed by atoms with E-state index in [4.69, 9.17) is 11.6 Å². The van der Waals surface area contributed by atoms with Crippen LogP contribution < -0.4 is 0 Å². The molecule has 0 N–H and O–H groups in total. The van der Waals surface area contributed by atoms with Crippen molar-refractivity contribution < 1.29 is 9.53 Å². The smallest absolute Gasteiger partial charge is 0.330 e. The van der Waals surface area contributed by atoms with Crippen LogP contribution in [0, 0.1) is 6.92 Å². The van der Waals surface area contributed by atoms with Gasteiger partial charge in [-0.15, -0.1) is 0 Å². The maximum Gasteiger partial charge on any atom is 0.330 e. The summed E-state index contributed by atoms with van der Waals surface area (Å²) in [5, 5.41) is 4.83. The molecule has 0 aliphatic heterocycles. The third-order valence-corrected chi connectivity index (χ3v) is 3.00. The summed E-state index contributed by atoms with van der Waals surface area (Å²) in [5.41, 5.74) is 2.32. The minimum Gasteiger partial charge on any atom is -0.466 e. The number of halogens is 1. The topological polar surface area (TPSA) is 44.1 Å². The van der Waals surface area contributed by atoms with Gasteiger partial charge in [0.05, 0.1) is 18.5 Å². The van der Waals surface area contributed by atoms with Crippen LogP contribution in [0.4, 0.5) is 0 Å². The SMILES string of the molecule is COC(=O)/C=C/c1c(C)nn(-c2ccccc2)c1Cl. The van der Waals surface area contributed by atoms with E-state index in [0.29, 0.717) is 10.7 Å². The summed E-state index contributed by atoms with van der Waals surface area (Å²) < 4.78 is 6.18. The van der Waals surface area contributed by atoms with E-state index in [-0.39, 0.29) is 0 Å². The number of esters is 1. The van der Waals surface area contributed by atoms with Crippen LogP contribution in [-0.4, -0.2) is 22.9 Å². The van der Waals surface area contributed by atoms with Gasteiger partial charge in [0, 0.05) is 11.6 Å². The highest BCUT2D eigenvalue weighted by Gasteiger charge is 2.12. The third kappa shape index (κ3) is 2.85. The standard InChI is InChI=1S/C14H13ClN2O2/c1-10-12(8-9-13(18)19-2)14(15)17(16-10)11-6-4-3-5-7-11/h3-9H,1-2H3/b9-8+. The van der Waals surface area contributed by atoms with Gasteiger partial charge >= 0.3 is 5.97 Å². The molecule has 0 spiro atoms. The molecule has 0 atom stereocenters. The van der Waals surface area contributed by atoms with Gasteiger partial charge in [0.15, 0.2) is 0 Å². The molecule has 0 saturated carbocycles. The number of aromatic nitrogens is 2. The number of carbonyl (C=O) groups excluding carboxylic acids is 1. The Labute approximate surface area is 116 Å². The van der Waals surface area contributed by atoms with Crippen molar-refractivity contribution in [2.45, 2.75) is 6.92 Å². The summed E-state index contributed by atoms with van der Waals surface area (Å²) in [6, 6.07) is 9.56. The lowest BCUT2D eigenvalue weighted by molar-refractivity contribution is -0.134. The first-order valence-electron chi connectivity index (χ1n) is 5.70. The fourth-order valence-electron chi connectivity index (χ4n) is 1.66. The number of hydrogen-bond acceptors (Lipinski definition) is 3. The zero-order valence-electron chi connectivity index (χ0n) is 10.6. The van der Waals surface area contributed by atoms with Crippen LogP contribution in [0.25, 0.3) is 11.8 Å². The summed E-state index contributed by atoms with van der Waals surface area (Å²) in [4.78, 5) is 11.1. The number of rotatable bonds is 3. The molecule has 0 aliphatic carbocycles. The highest BCUT2D eigenvalue weighted by Crippen LogP contribution is 2.24. The van der Waals surface area contributed by atoms with Crippen molar-refractivity contribution in [3.63, 3.8) is 0 Å². The van der Waals surface area contributed by atoms with Crippen LogP contribution in [0.3, 0.4) is 0 Å². The zero-order valence-corrected chi connectivity index (χ0v) is 11.4. The van der Waals surface area contributed by atoms with Crippen LogP contribution >= 0.6 is 11.6 Å². The van der Waals surface area contributed by atoms with Crippen molar-refractivity contribution >= 4 is 23.6 Å². The van der Waals surface area contributed by atoms with Gasteiger partial charge in [0.1, 0.15) is 5.15 Å². The van der Waals surface area contributed by atoms with Crippen molar-refractivity contribution in [3.8, 4) is 5.69 Å². The number of methoxy groups -OCH3 is 1. The minimum absolute atomic E-state index is 0.428. The molecule has 1 heterocycles. The van der Waals surface area contributed by atoms with Crippen LogP contribution in [-0.2, 0) is 9.53 Å². The first kappa shape index (κ1) is 13.4. The lowest BCUT2D eigenvalue weighted by Gasteiger charge is -2.01. The summed E-state index contributed by atoms with van der Waals surface area (Å²) in [6.45, 7) is 1.84. The average Bonchev–Trinajstić information content (AvgIpc) is 2.72. The molecule has 0 aliphatic rings. The second kappa shape index (κ2) is 5.71. The maximum atomic E-state index is 11.1. The molecule has 0 fully saturated rings. The summed E-state index contributed by atoms with van der Waals surface area (Å²) in [5.74, 6) is -0.428. The van der Waals surface area contributed by atoms with E-state index in [2.05, 4.69) is 9.84 Å². The van der Waals surface area contributed by atoms with E-state index in [1.54, 1.807) is 10.8 Å². The molecule has 19 heavy (non-hydrogen) atoms. The van der Waals surface area contributed by atoms with Gasteiger partial charge in [-0.25, -0.2) is 9.48 Å². The van der Waals surface area contributed by atoms with Gasteiger partial charge in [0.2, 0.25) is 0 Å². The molecule has 0 amide bonds. The molecule has 0 radical (unpaired) electrons. The number of aryl methyl sites for hydroxylation is 1. The number of carbonyl (C=O) groups is 1. The first-order valence-corrected chi connectivity index (χ1v) is 6.08. The number of hydrogen-bond donors (Lipinski definition) is 0. The van der Waals surface area contributed by atoms with Gasteiger partial charge in [-0.1, -0.05) is 29.8 Å². The molecule has 0 saturated heterocycles. The molecule has 2 rings (SSSR count). The highest BCUT2D eigenvalue weighted by molar-refractivity contribution is 6.31. The van der Waals surface area contributed by atoms with E-state index >= 15 is 0 Å². The van der Waals surface area contributed by atoms with Crippen molar-refractivity contribution in [2.75, 3.05) is 7.11 Å². The molecule has 5 heteroatoms. The van der Waals surface area contributed by atoms with Crippen LogP contribution in [0.15, 0.2) is 36.4 Å². The lowest BCUT2D eigenvalue weighted by atomic mass is 10.2. The van der Waals surface area contributed by atoms with E-state index in [9.17, 15) is 4.79 Å². The quantitative estimate of drug-likeness (QED) is 0.639. The Morgan fingerprint density at radius 2 is 2.05 bits per heavy atom. The van der Waals surface area contributed by atoms with Crippen molar-refractivity contribution in [1.29, 1.82) is 0 Å². The van der Waals surface area contributed by atoms with Gasteiger partial charge < -0.3 is 4.74 Å².